The number of methoxy groups -OCH3 is 1. The molecule has 1 aromatic carbocycles. The quantitative estimate of drug-likeness (QED) is 0.553. The van der Waals surface area contributed by atoms with Crippen LogP contribution in [0.5, 0.6) is 11.5 Å². The number of ether oxygens (including phenoxy) is 1. The Morgan fingerprint density at radius 2 is 1.53 bits per heavy atom. The molecule has 9 heteroatoms. The molecular formula is C21H29N7O2. The first-order valence-electron chi connectivity index (χ1n) is 10.7. The Labute approximate surface area is 176 Å². The van der Waals surface area contributed by atoms with E-state index in [9.17, 15) is 5.11 Å². The van der Waals surface area contributed by atoms with E-state index in [0.29, 0.717) is 29.2 Å². The van der Waals surface area contributed by atoms with Gasteiger partial charge in [0.25, 0.3) is 0 Å². The highest BCUT2D eigenvalue weighted by Crippen LogP contribution is 2.28. The van der Waals surface area contributed by atoms with Crippen LogP contribution in [0.3, 0.4) is 0 Å². The third kappa shape index (κ3) is 4.72. The fourth-order valence-electron chi connectivity index (χ4n) is 3.84. The molecule has 2 fully saturated rings. The molecule has 2 saturated heterocycles. The molecule has 0 amide bonds. The molecule has 0 unspecified atom stereocenters. The van der Waals surface area contributed by atoms with Crippen LogP contribution in [0.15, 0.2) is 23.3 Å². The second-order valence-electron chi connectivity index (χ2n) is 7.62. The number of benzene rings is 1. The molecule has 0 saturated carbocycles. The SMILES string of the molecule is COc1cccc(/C=N\Nc2nc(N3CCCCC3)nc(N3CCCCC3)n2)c1O. The summed E-state index contributed by atoms with van der Waals surface area (Å²) in [6.45, 7) is 3.85. The molecule has 0 aliphatic carbocycles. The first-order valence-corrected chi connectivity index (χ1v) is 10.7. The zero-order valence-electron chi connectivity index (χ0n) is 17.4. The monoisotopic (exact) mass is 411 g/mol. The molecule has 30 heavy (non-hydrogen) atoms. The number of para-hydroxylation sites is 1. The van der Waals surface area contributed by atoms with Crippen molar-refractivity contribution in [1.82, 2.24) is 15.0 Å². The zero-order chi connectivity index (χ0) is 20.8. The van der Waals surface area contributed by atoms with Gasteiger partial charge in [0.2, 0.25) is 17.8 Å². The maximum absolute atomic E-state index is 10.2. The number of piperidine rings is 2. The Kier molecular flexibility index (Phi) is 6.46. The van der Waals surface area contributed by atoms with Crippen LogP contribution in [0.4, 0.5) is 17.8 Å². The molecule has 0 atom stereocenters. The first-order chi connectivity index (χ1) is 14.7. The summed E-state index contributed by atoms with van der Waals surface area (Å²) in [5.41, 5.74) is 3.46. The van der Waals surface area contributed by atoms with Gasteiger partial charge in [-0.3, -0.25) is 0 Å². The lowest BCUT2D eigenvalue weighted by Crippen LogP contribution is -2.34. The molecule has 1 aromatic heterocycles. The van der Waals surface area contributed by atoms with Gasteiger partial charge in [0.15, 0.2) is 11.5 Å². The summed E-state index contributed by atoms with van der Waals surface area (Å²) in [4.78, 5) is 18.4. The number of hydrogen-bond acceptors (Lipinski definition) is 9. The largest absolute Gasteiger partial charge is 0.504 e. The molecule has 4 rings (SSSR count). The maximum atomic E-state index is 10.2. The number of hydrazone groups is 1. The van der Waals surface area contributed by atoms with Crippen molar-refractivity contribution in [2.45, 2.75) is 38.5 Å². The first kappa shape index (κ1) is 20.2. The zero-order valence-corrected chi connectivity index (χ0v) is 17.4. The van der Waals surface area contributed by atoms with Crippen molar-refractivity contribution in [2.24, 2.45) is 5.10 Å². The molecule has 2 aliphatic heterocycles. The molecule has 2 aromatic rings. The number of nitrogens with one attached hydrogen (secondary N) is 1. The van der Waals surface area contributed by atoms with E-state index in [1.807, 2.05) is 0 Å². The number of nitrogens with zero attached hydrogens (tertiary/aromatic N) is 6. The van der Waals surface area contributed by atoms with Gasteiger partial charge in [0.05, 0.1) is 13.3 Å². The minimum atomic E-state index is 0.0456. The molecule has 0 bridgehead atoms. The Morgan fingerprint density at radius 3 is 2.10 bits per heavy atom. The van der Waals surface area contributed by atoms with Gasteiger partial charge in [-0.05, 0) is 50.7 Å². The minimum absolute atomic E-state index is 0.0456. The van der Waals surface area contributed by atoms with Crippen molar-refractivity contribution in [3.8, 4) is 11.5 Å². The van der Waals surface area contributed by atoms with E-state index < -0.39 is 0 Å². The van der Waals surface area contributed by atoms with Crippen molar-refractivity contribution in [3.05, 3.63) is 23.8 Å². The standard InChI is InChI=1S/C21H29N7O2/c1-30-17-10-8-9-16(18(17)29)15-22-26-19-23-20(27-11-4-2-5-12-27)25-21(24-19)28-13-6-3-7-14-28/h8-10,15,29H,2-7,11-14H2,1H3,(H,23,24,25,26)/b22-15-. The number of aromatic nitrogens is 3. The number of phenolic OH excluding ortho intramolecular Hbond substituents is 1. The van der Waals surface area contributed by atoms with Crippen LogP contribution in [0, 0.1) is 0 Å². The lowest BCUT2D eigenvalue weighted by atomic mass is 10.1. The van der Waals surface area contributed by atoms with Crippen LogP contribution >= 0.6 is 0 Å². The summed E-state index contributed by atoms with van der Waals surface area (Å²) >= 11 is 0. The number of hydrogen-bond donors (Lipinski definition) is 2. The van der Waals surface area contributed by atoms with Gasteiger partial charge in [-0.2, -0.15) is 20.1 Å². The van der Waals surface area contributed by atoms with Crippen LogP contribution in [-0.4, -0.2) is 59.6 Å². The van der Waals surface area contributed by atoms with E-state index in [1.54, 1.807) is 18.2 Å². The molecule has 9 nitrogen and oxygen atoms in total. The second kappa shape index (κ2) is 9.60. The van der Waals surface area contributed by atoms with Crippen molar-refractivity contribution in [3.63, 3.8) is 0 Å². The van der Waals surface area contributed by atoms with E-state index in [0.717, 1.165) is 51.9 Å². The third-order valence-electron chi connectivity index (χ3n) is 5.51. The van der Waals surface area contributed by atoms with Crippen molar-refractivity contribution >= 4 is 24.1 Å². The molecule has 0 spiro atoms. The third-order valence-corrected chi connectivity index (χ3v) is 5.51. The predicted molar refractivity (Wildman–Crippen MR) is 118 cm³/mol. The number of aromatic hydroxyl groups is 1. The summed E-state index contributed by atoms with van der Waals surface area (Å²) in [5.74, 6) is 2.26. The van der Waals surface area contributed by atoms with E-state index in [-0.39, 0.29) is 5.75 Å². The predicted octanol–water partition coefficient (Wildman–Crippen LogP) is 3.01. The molecule has 3 heterocycles. The maximum Gasteiger partial charge on any atom is 0.250 e. The van der Waals surface area contributed by atoms with Crippen LogP contribution < -0.4 is 20.0 Å². The topological polar surface area (TPSA) is 99.0 Å². The van der Waals surface area contributed by atoms with Crippen molar-refractivity contribution in [1.29, 1.82) is 0 Å². The Hall–Kier alpha value is -3.10. The molecule has 0 radical (unpaired) electrons. The Bertz CT molecular complexity index is 841. The lowest BCUT2D eigenvalue weighted by molar-refractivity contribution is 0.373. The summed E-state index contributed by atoms with van der Waals surface area (Å²) in [6, 6.07) is 5.25. The smallest absolute Gasteiger partial charge is 0.250 e. The van der Waals surface area contributed by atoms with Crippen molar-refractivity contribution in [2.75, 3.05) is 48.5 Å². The van der Waals surface area contributed by atoms with Gasteiger partial charge in [-0.15, -0.1) is 0 Å². The Balaban J connectivity index is 1.56. The number of phenols is 1. The van der Waals surface area contributed by atoms with Gasteiger partial charge in [-0.1, -0.05) is 6.07 Å². The van der Waals surface area contributed by atoms with Gasteiger partial charge in [0, 0.05) is 31.7 Å². The second-order valence-corrected chi connectivity index (χ2v) is 7.62. The highest BCUT2D eigenvalue weighted by molar-refractivity contribution is 5.85. The summed E-state index contributed by atoms with van der Waals surface area (Å²) in [5, 5.41) is 14.5. The van der Waals surface area contributed by atoms with E-state index in [2.05, 4.69) is 30.3 Å². The number of rotatable bonds is 6. The molecule has 160 valence electrons. The van der Waals surface area contributed by atoms with Crippen molar-refractivity contribution < 1.29 is 9.84 Å². The average molecular weight is 412 g/mol. The van der Waals surface area contributed by atoms with Gasteiger partial charge < -0.3 is 19.6 Å². The van der Waals surface area contributed by atoms with Crippen LogP contribution in [-0.2, 0) is 0 Å². The van der Waals surface area contributed by atoms with Gasteiger partial charge in [0.1, 0.15) is 0 Å². The van der Waals surface area contributed by atoms with E-state index in [4.69, 9.17) is 9.72 Å². The summed E-state index contributed by atoms with van der Waals surface area (Å²) < 4.78 is 5.14. The van der Waals surface area contributed by atoms with Crippen LogP contribution in [0.25, 0.3) is 0 Å². The van der Waals surface area contributed by atoms with Crippen LogP contribution in [0.1, 0.15) is 44.1 Å². The summed E-state index contributed by atoms with van der Waals surface area (Å²) in [6.07, 6.45) is 8.64. The minimum Gasteiger partial charge on any atom is -0.504 e. The van der Waals surface area contributed by atoms with E-state index >= 15 is 0 Å². The molecule has 2 aliphatic rings. The fraction of sp³-hybridized carbons (Fsp3) is 0.524. The Morgan fingerprint density at radius 1 is 0.933 bits per heavy atom. The highest BCUT2D eigenvalue weighted by Gasteiger charge is 2.20. The average Bonchev–Trinajstić information content (AvgIpc) is 2.81. The van der Waals surface area contributed by atoms with Gasteiger partial charge in [-0.25, -0.2) is 5.43 Å². The fourth-order valence-corrected chi connectivity index (χ4v) is 3.84. The van der Waals surface area contributed by atoms with E-state index in [1.165, 1.54) is 26.2 Å². The highest BCUT2D eigenvalue weighted by atomic mass is 16.5. The normalized spacial score (nSPS) is 17.4. The lowest BCUT2D eigenvalue weighted by Gasteiger charge is -2.30. The van der Waals surface area contributed by atoms with Gasteiger partial charge >= 0.3 is 0 Å². The molecular weight excluding hydrogens is 382 g/mol. The number of anilines is 3. The van der Waals surface area contributed by atoms with Crippen LogP contribution in [0.2, 0.25) is 0 Å². The summed E-state index contributed by atoms with van der Waals surface area (Å²) in [7, 11) is 1.52. The molecule has 2 N–H and O–H groups in total.